The van der Waals surface area contributed by atoms with E-state index in [1.54, 1.807) is 0 Å². The van der Waals surface area contributed by atoms with Gasteiger partial charge in [-0.1, -0.05) is 24.3 Å². The van der Waals surface area contributed by atoms with E-state index in [0.717, 1.165) is 52.7 Å². The number of para-hydroxylation sites is 2. The first-order chi connectivity index (χ1) is 17.4. The zero-order chi connectivity index (χ0) is 27.4. The van der Waals surface area contributed by atoms with Crippen LogP contribution in [0, 0.1) is 0 Å². The summed E-state index contributed by atoms with van der Waals surface area (Å²) < 4.78 is 58.2. The molecule has 0 aliphatic heterocycles. The quantitative estimate of drug-likeness (QED) is 0.0805. The number of pyridine rings is 1. The Morgan fingerprint density at radius 3 is 2.00 bits per heavy atom. The number of benzene rings is 3. The number of aromatic carboxylic acids is 1. The van der Waals surface area contributed by atoms with Crippen molar-refractivity contribution in [3.05, 3.63) is 77.9 Å². The number of hydrogen-bond donors (Lipinski definition) is 3. The van der Waals surface area contributed by atoms with E-state index in [0.29, 0.717) is 0 Å². The van der Waals surface area contributed by atoms with Gasteiger partial charge < -0.3 is 14.8 Å². The maximum absolute atomic E-state index is 12.6. The summed E-state index contributed by atoms with van der Waals surface area (Å²) >= 11 is 0. The average molecular weight is 548 g/mol. The van der Waals surface area contributed by atoms with E-state index in [1.807, 2.05) is 55.6 Å². The lowest BCUT2D eigenvalue weighted by molar-refractivity contribution is -0.617. The van der Waals surface area contributed by atoms with Crippen LogP contribution in [-0.2, 0) is 31.7 Å². The number of carboxylic acids is 1. The fourth-order valence-corrected chi connectivity index (χ4v) is 4.29. The molecule has 0 aliphatic carbocycles. The number of carboxylic acid groups (broad SMARTS) is 1. The molecular weight excluding hydrogens is 526 g/mol. The summed E-state index contributed by atoms with van der Waals surface area (Å²) in [5.74, 6) is -1.96. The molecule has 1 aromatic heterocycles. The number of sulfonamides is 1. The number of aryl methyl sites for hydroxylation is 1. The number of hydrogen-bond acceptors (Lipinski definition) is 9. The van der Waals surface area contributed by atoms with Gasteiger partial charge in [-0.3, -0.25) is 4.18 Å². The fraction of sp³-hybridized carbons (Fsp3) is 0.0870. The minimum absolute atomic E-state index is 0.325. The molecule has 37 heavy (non-hydrogen) atoms. The Morgan fingerprint density at radius 2 is 1.51 bits per heavy atom. The van der Waals surface area contributed by atoms with Crippen LogP contribution < -0.4 is 9.40 Å². The summed E-state index contributed by atoms with van der Waals surface area (Å²) in [7, 11) is -5.79. The van der Waals surface area contributed by atoms with E-state index < -0.39 is 37.7 Å². The van der Waals surface area contributed by atoms with Crippen LogP contribution in [0.5, 0.6) is 5.75 Å². The number of fused-ring (bicyclic) bond motifs is 2. The Labute approximate surface area is 212 Å². The Bertz CT molecular complexity index is 1680. The van der Waals surface area contributed by atoms with Crippen molar-refractivity contribution < 1.29 is 45.1 Å². The van der Waals surface area contributed by atoms with E-state index >= 15 is 0 Å². The Hall–Kier alpha value is -4.11. The SMILES string of the molecule is COS(=O)(=O)[O-].C[n+]1c2ccccc2c(/C=N\NS(=O)(=O)c2ccc(O)c(C(=O)O)c2)c2ccccc21. The van der Waals surface area contributed by atoms with Crippen molar-refractivity contribution >= 4 is 54.4 Å². The van der Waals surface area contributed by atoms with Crippen LogP contribution in [0.25, 0.3) is 21.8 Å². The van der Waals surface area contributed by atoms with Gasteiger partial charge in [-0.15, -0.1) is 0 Å². The number of aromatic hydroxyl groups is 1. The van der Waals surface area contributed by atoms with Gasteiger partial charge in [-0.25, -0.2) is 18.0 Å². The van der Waals surface area contributed by atoms with Crippen LogP contribution in [0.15, 0.2) is 76.7 Å². The molecule has 0 bridgehead atoms. The second kappa shape index (κ2) is 10.9. The molecule has 1 heterocycles. The molecule has 4 rings (SSSR count). The zero-order valence-electron chi connectivity index (χ0n) is 19.4. The van der Waals surface area contributed by atoms with Gasteiger partial charge in [0.05, 0.1) is 29.0 Å². The van der Waals surface area contributed by atoms with E-state index in [2.05, 4.69) is 18.7 Å². The summed E-state index contributed by atoms with van der Waals surface area (Å²) in [5, 5.41) is 24.4. The molecule has 0 amide bonds. The molecule has 0 spiro atoms. The summed E-state index contributed by atoms with van der Waals surface area (Å²) in [4.78, 5) is 13.0. The topological polar surface area (TPSA) is 186 Å². The van der Waals surface area contributed by atoms with Crippen molar-refractivity contribution in [2.75, 3.05) is 7.11 Å². The Morgan fingerprint density at radius 1 is 1.00 bits per heavy atom. The molecule has 194 valence electrons. The number of aromatic nitrogens is 1. The molecule has 4 aromatic rings. The molecule has 3 N–H and O–H groups in total. The van der Waals surface area contributed by atoms with Gasteiger partial charge in [-0.05, 0) is 30.3 Å². The van der Waals surface area contributed by atoms with Gasteiger partial charge >= 0.3 is 5.97 Å². The molecule has 0 saturated heterocycles. The normalized spacial score (nSPS) is 11.9. The maximum atomic E-state index is 12.6. The summed E-state index contributed by atoms with van der Waals surface area (Å²) in [5.41, 5.74) is 2.13. The van der Waals surface area contributed by atoms with Crippen LogP contribution in [0.4, 0.5) is 0 Å². The van der Waals surface area contributed by atoms with Crippen molar-refractivity contribution in [3.8, 4) is 5.75 Å². The third kappa shape index (κ3) is 6.37. The predicted molar refractivity (Wildman–Crippen MR) is 132 cm³/mol. The number of phenols is 1. The summed E-state index contributed by atoms with van der Waals surface area (Å²) in [6.07, 6.45) is 1.43. The van der Waals surface area contributed by atoms with E-state index in [-0.39, 0.29) is 4.90 Å². The first kappa shape index (κ1) is 27.5. The Kier molecular flexibility index (Phi) is 8.08. The van der Waals surface area contributed by atoms with Crippen molar-refractivity contribution in [3.63, 3.8) is 0 Å². The van der Waals surface area contributed by atoms with E-state index in [4.69, 9.17) is 5.11 Å². The van der Waals surface area contributed by atoms with Gasteiger partial charge in [0.25, 0.3) is 10.0 Å². The number of carbonyl (C=O) groups is 1. The maximum Gasteiger partial charge on any atom is 0.339 e. The monoisotopic (exact) mass is 547 g/mol. The molecule has 12 nitrogen and oxygen atoms in total. The number of rotatable bonds is 6. The minimum Gasteiger partial charge on any atom is -0.726 e. The largest absolute Gasteiger partial charge is 0.726 e. The lowest BCUT2D eigenvalue weighted by atomic mass is 10.0. The number of nitrogens with one attached hydrogen (secondary N) is 1. The van der Waals surface area contributed by atoms with Crippen LogP contribution in [0.3, 0.4) is 0 Å². The molecule has 0 atom stereocenters. The Balaban J connectivity index is 0.000000568. The van der Waals surface area contributed by atoms with Crippen molar-refractivity contribution in [2.24, 2.45) is 12.1 Å². The molecule has 0 radical (unpaired) electrons. The van der Waals surface area contributed by atoms with Crippen molar-refractivity contribution in [1.29, 1.82) is 0 Å². The van der Waals surface area contributed by atoms with Crippen molar-refractivity contribution in [1.82, 2.24) is 4.83 Å². The minimum atomic E-state index is -4.41. The van der Waals surface area contributed by atoms with Crippen LogP contribution >= 0.6 is 0 Å². The zero-order valence-corrected chi connectivity index (χ0v) is 21.0. The standard InChI is InChI=1S/C22H17N3O5S.CH4O4S/c1-25-19-8-4-2-6-15(19)18(16-7-3-5-9-20(16)25)13-23-24-31(29,30)14-10-11-21(26)17(12-14)22(27)28;1-5-6(2,3)4/h2-13H,1H3,(H2,26,27,28);1H3,(H,2,3,4). The van der Waals surface area contributed by atoms with Gasteiger partial charge in [0.2, 0.25) is 21.4 Å². The molecule has 0 fully saturated rings. The second-order valence-electron chi connectivity index (χ2n) is 7.42. The number of nitrogens with zero attached hydrogens (tertiary/aromatic N) is 2. The van der Waals surface area contributed by atoms with Crippen molar-refractivity contribution in [2.45, 2.75) is 4.90 Å². The summed E-state index contributed by atoms with van der Waals surface area (Å²) in [6.45, 7) is 0. The molecule has 14 heteroatoms. The summed E-state index contributed by atoms with van der Waals surface area (Å²) in [6, 6.07) is 18.4. The molecule has 3 aromatic carbocycles. The third-order valence-corrected chi connectivity index (χ3v) is 6.82. The highest BCUT2D eigenvalue weighted by molar-refractivity contribution is 7.89. The van der Waals surface area contributed by atoms with E-state index in [9.17, 15) is 31.3 Å². The smallest absolute Gasteiger partial charge is 0.339 e. The predicted octanol–water partition coefficient (Wildman–Crippen LogP) is 1.63. The third-order valence-electron chi connectivity index (χ3n) is 5.19. The van der Waals surface area contributed by atoms with E-state index in [1.165, 1.54) is 6.21 Å². The first-order valence-corrected chi connectivity index (χ1v) is 13.1. The van der Waals surface area contributed by atoms with Crippen LogP contribution in [-0.4, -0.2) is 50.9 Å². The fourth-order valence-electron chi connectivity index (χ4n) is 3.47. The lowest BCUT2D eigenvalue weighted by Crippen LogP contribution is -2.30. The molecular formula is C23H21N3O9S2. The van der Waals surface area contributed by atoms with Crippen LogP contribution in [0.1, 0.15) is 15.9 Å². The highest BCUT2D eigenvalue weighted by Gasteiger charge is 2.19. The molecule has 0 saturated carbocycles. The van der Waals surface area contributed by atoms with Gasteiger partial charge in [0.15, 0.2) is 0 Å². The first-order valence-electron chi connectivity index (χ1n) is 10.3. The van der Waals surface area contributed by atoms with Crippen LogP contribution in [0.2, 0.25) is 0 Å². The second-order valence-corrected chi connectivity index (χ2v) is 10.2. The van der Waals surface area contributed by atoms with Gasteiger partial charge in [-0.2, -0.15) is 18.1 Å². The highest BCUT2D eigenvalue weighted by Crippen LogP contribution is 2.24. The molecule has 0 unspecified atom stereocenters. The molecule has 0 aliphatic rings. The average Bonchev–Trinajstić information content (AvgIpc) is 2.86. The van der Waals surface area contributed by atoms with Gasteiger partial charge in [0, 0.05) is 17.7 Å². The number of hydrazone groups is 1. The highest BCUT2D eigenvalue weighted by atomic mass is 32.3. The lowest BCUT2D eigenvalue weighted by Gasteiger charge is -2.08. The van der Waals surface area contributed by atoms with Gasteiger partial charge in [0.1, 0.15) is 18.4 Å².